The quantitative estimate of drug-likeness (QED) is 0.0772. The smallest absolute Gasteiger partial charge is 0.217 e. The summed E-state index contributed by atoms with van der Waals surface area (Å²) in [5.41, 5.74) is 8.32. The maximum Gasteiger partial charge on any atom is 0.217 e. The van der Waals surface area contributed by atoms with Gasteiger partial charge in [-0.05, 0) is 5.53 Å². The normalized spacial score (nSPS) is 40.7. The molecule has 0 aliphatic carbocycles. The highest BCUT2D eigenvalue weighted by Gasteiger charge is 2.51. The summed E-state index contributed by atoms with van der Waals surface area (Å²) in [6.45, 7) is -0.313. The van der Waals surface area contributed by atoms with E-state index in [1.54, 1.807) is 0 Å². The van der Waals surface area contributed by atoms with E-state index in [-0.39, 0.29) is 13.2 Å². The predicted octanol–water partition coefficient (Wildman–Crippen LogP) is -3.92. The van der Waals surface area contributed by atoms with Crippen LogP contribution in [0.4, 0.5) is 0 Å². The minimum atomic E-state index is -1.75. The number of nitrogens with one attached hydrogen (secondary N) is 1. The van der Waals surface area contributed by atoms with Crippen LogP contribution in [-0.2, 0) is 23.7 Å². The van der Waals surface area contributed by atoms with Gasteiger partial charge in [0.05, 0.1) is 19.8 Å². The number of carbonyl (C=O) groups is 1. The molecule has 31 heavy (non-hydrogen) atoms. The van der Waals surface area contributed by atoms with Crippen molar-refractivity contribution in [3.8, 4) is 0 Å². The zero-order valence-electron chi connectivity index (χ0n) is 16.7. The van der Waals surface area contributed by atoms with E-state index in [1.165, 1.54) is 6.92 Å². The number of ether oxygens (including phenoxy) is 4. The average molecular weight is 452 g/mol. The zero-order chi connectivity index (χ0) is 23.1. The Morgan fingerprint density at radius 2 is 1.68 bits per heavy atom. The fourth-order valence-electron chi connectivity index (χ4n) is 3.35. The van der Waals surface area contributed by atoms with E-state index in [9.17, 15) is 35.4 Å². The van der Waals surface area contributed by atoms with Gasteiger partial charge in [0.1, 0.15) is 48.8 Å². The Balaban J connectivity index is 2.18. The molecule has 7 N–H and O–H groups in total. The molecular formula is C16H28N4O11. The maximum absolute atomic E-state index is 11.6. The van der Waals surface area contributed by atoms with E-state index < -0.39 is 80.5 Å². The van der Waals surface area contributed by atoms with Crippen LogP contribution in [0.3, 0.4) is 0 Å². The van der Waals surface area contributed by atoms with Gasteiger partial charge in [-0.2, -0.15) is 0 Å². The lowest BCUT2D eigenvalue weighted by Crippen LogP contribution is -2.67. The molecule has 2 rings (SSSR count). The van der Waals surface area contributed by atoms with Gasteiger partial charge >= 0.3 is 0 Å². The molecule has 2 aliphatic heterocycles. The molecule has 0 radical (unpaired) electrons. The lowest BCUT2D eigenvalue weighted by Gasteiger charge is -2.47. The summed E-state index contributed by atoms with van der Waals surface area (Å²) in [5.74, 6) is -0.537. The molecule has 10 atom stereocenters. The topological polar surface area (TPSA) is 236 Å². The molecule has 4 unspecified atom stereocenters. The zero-order valence-corrected chi connectivity index (χ0v) is 16.7. The van der Waals surface area contributed by atoms with Crippen molar-refractivity contribution in [2.75, 3.05) is 26.4 Å². The lowest BCUT2D eigenvalue weighted by atomic mass is 9.95. The minimum absolute atomic E-state index is 0.0478. The van der Waals surface area contributed by atoms with Crippen LogP contribution in [0.15, 0.2) is 5.11 Å². The number of carbonyl (C=O) groups excluding carboxylic acids is 1. The predicted molar refractivity (Wildman–Crippen MR) is 98.0 cm³/mol. The van der Waals surface area contributed by atoms with Crippen LogP contribution in [0.25, 0.3) is 10.4 Å². The molecule has 2 saturated heterocycles. The van der Waals surface area contributed by atoms with Crippen molar-refractivity contribution in [3.05, 3.63) is 10.4 Å². The maximum atomic E-state index is 11.6. The molecule has 0 spiro atoms. The van der Waals surface area contributed by atoms with Crippen LogP contribution in [0, 0.1) is 0 Å². The van der Waals surface area contributed by atoms with Gasteiger partial charge in [0.15, 0.2) is 12.6 Å². The third-order valence-corrected chi connectivity index (χ3v) is 4.90. The highest BCUT2D eigenvalue weighted by atomic mass is 16.7. The van der Waals surface area contributed by atoms with E-state index in [1.807, 2.05) is 0 Å². The summed E-state index contributed by atoms with van der Waals surface area (Å²) in [5, 5.41) is 65.5. The largest absolute Gasteiger partial charge is 0.394 e. The molecule has 1 amide bonds. The Kier molecular flexibility index (Phi) is 9.80. The third-order valence-electron chi connectivity index (χ3n) is 4.90. The summed E-state index contributed by atoms with van der Waals surface area (Å²) >= 11 is 0. The standard InChI is InChI=1S/C16H28N4O11/c1-6(23)19-9-11(25)14(8(5-22)30-15(9)28-3-2-18-20-17)31-16-13(27)12(26)10(24)7(4-21)29-16/h7-16,21-22,24-27H,2-5H2,1H3,(H,19,23)/t7?,8?,9?,10-,11+,12-,13?,14+,15+,16-/m0/s1. The van der Waals surface area contributed by atoms with Crippen molar-refractivity contribution in [1.82, 2.24) is 5.32 Å². The molecule has 0 aromatic rings. The summed E-state index contributed by atoms with van der Waals surface area (Å²) in [4.78, 5) is 14.2. The molecule has 178 valence electrons. The van der Waals surface area contributed by atoms with Gasteiger partial charge in [-0.25, -0.2) is 0 Å². The molecule has 15 heteroatoms. The van der Waals surface area contributed by atoms with E-state index in [4.69, 9.17) is 24.5 Å². The van der Waals surface area contributed by atoms with Crippen LogP contribution >= 0.6 is 0 Å². The van der Waals surface area contributed by atoms with Crippen LogP contribution in [0.2, 0.25) is 0 Å². The number of aliphatic hydroxyl groups excluding tert-OH is 6. The van der Waals surface area contributed by atoms with Crippen molar-refractivity contribution in [1.29, 1.82) is 0 Å². The SMILES string of the molecule is CC(=O)NC1[C@H](OCCN=[N+]=[N-])OC(CO)[C@@H](O[C@@H]2OC(CO)[C@H](O)[C@H](O)C2O)[C@@H]1O. The Hall–Kier alpha value is -1.62. The summed E-state index contributed by atoms with van der Waals surface area (Å²) in [6.07, 6.45) is -13.3. The highest BCUT2D eigenvalue weighted by molar-refractivity contribution is 5.73. The fourth-order valence-corrected chi connectivity index (χ4v) is 3.35. The summed E-state index contributed by atoms with van der Waals surface area (Å²) < 4.78 is 21.8. The van der Waals surface area contributed by atoms with Gasteiger partial charge in [0.2, 0.25) is 5.91 Å². The summed E-state index contributed by atoms with van der Waals surface area (Å²) in [7, 11) is 0. The second-order valence-corrected chi connectivity index (χ2v) is 7.07. The average Bonchev–Trinajstić information content (AvgIpc) is 2.74. The van der Waals surface area contributed by atoms with E-state index in [2.05, 4.69) is 15.3 Å². The monoisotopic (exact) mass is 452 g/mol. The number of rotatable bonds is 9. The molecule has 2 heterocycles. The van der Waals surface area contributed by atoms with Gasteiger partial charge in [0.25, 0.3) is 0 Å². The number of hydrogen-bond donors (Lipinski definition) is 7. The Morgan fingerprint density at radius 3 is 2.26 bits per heavy atom. The van der Waals surface area contributed by atoms with Crippen LogP contribution < -0.4 is 5.32 Å². The molecule has 0 aromatic carbocycles. The van der Waals surface area contributed by atoms with Crippen molar-refractivity contribution >= 4 is 5.91 Å². The van der Waals surface area contributed by atoms with E-state index >= 15 is 0 Å². The fraction of sp³-hybridized carbons (Fsp3) is 0.938. The van der Waals surface area contributed by atoms with E-state index in [0.29, 0.717) is 0 Å². The van der Waals surface area contributed by atoms with Gasteiger partial charge in [-0.1, -0.05) is 5.11 Å². The number of azide groups is 1. The van der Waals surface area contributed by atoms with Crippen LogP contribution in [0.5, 0.6) is 0 Å². The lowest BCUT2D eigenvalue weighted by molar-refractivity contribution is -0.348. The first-order chi connectivity index (χ1) is 14.7. The van der Waals surface area contributed by atoms with Gasteiger partial charge in [-0.3, -0.25) is 4.79 Å². The van der Waals surface area contributed by atoms with Gasteiger partial charge in [-0.15, -0.1) is 0 Å². The van der Waals surface area contributed by atoms with Gasteiger partial charge < -0.3 is 54.9 Å². The Morgan fingerprint density at radius 1 is 1.03 bits per heavy atom. The van der Waals surface area contributed by atoms with Gasteiger partial charge in [0, 0.05) is 18.4 Å². The number of aliphatic hydroxyl groups is 6. The second kappa shape index (κ2) is 11.8. The number of hydrogen-bond acceptors (Lipinski definition) is 12. The molecule has 0 saturated carbocycles. The molecule has 2 fully saturated rings. The van der Waals surface area contributed by atoms with Crippen molar-refractivity contribution in [2.45, 2.75) is 68.3 Å². The first kappa shape index (κ1) is 25.6. The number of amides is 1. The molecule has 15 nitrogen and oxygen atoms in total. The summed E-state index contributed by atoms with van der Waals surface area (Å²) in [6, 6.07) is -1.18. The molecule has 0 aromatic heterocycles. The third kappa shape index (κ3) is 6.21. The highest BCUT2D eigenvalue weighted by Crippen LogP contribution is 2.29. The van der Waals surface area contributed by atoms with Crippen molar-refractivity contribution in [2.24, 2.45) is 5.11 Å². The van der Waals surface area contributed by atoms with Crippen molar-refractivity contribution < 1.29 is 54.4 Å². The Labute approximate surface area is 176 Å². The van der Waals surface area contributed by atoms with Crippen molar-refractivity contribution in [3.63, 3.8) is 0 Å². The second-order valence-electron chi connectivity index (χ2n) is 7.07. The van der Waals surface area contributed by atoms with Crippen LogP contribution in [0.1, 0.15) is 6.92 Å². The number of nitrogens with zero attached hydrogens (tertiary/aromatic N) is 3. The van der Waals surface area contributed by atoms with Crippen LogP contribution in [-0.4, -0.2) is 124 Å². The molecule has 2 aliphatic rings. The Bertz CT molecular complexity index is 635. The van der Waals surface area contributed by atoms with E-state index in [0.717, 1.165) is 0 Å². The first-order valence-corrected chi connectivity index (χ1v) is 9.55. The molecular weight excluding hydrogens is 424 g/mol. The molecule has 0 bridgehead atoms. The first-order valence-electron chi connectivity index (χ1n) is 9.55. The minimum Gasteiger partial charge on any atom is -0.394 e.